The molecule has 152 valence electrons. The third-order valence-corrected chi connectivity index (χ3v) is 4.74. The molecule has 5 heteroatoms. The van der Waals surface area contributed by atoms with Crippen molar-refractivity contribution >= 4 is 5.91 Å². The maximum atomic E-state index is 12.6. The quantitative estimate of drug-likeness (QED) is 0.540. The van der Waals surface area contributed by atoms with E-state index in [2.05, 4.69) is 23.4 Å². The van der Waals surface area contributed by atoms with Gasteiger partial charge < -0.3 is 10.1 Å². The number of amides is 1. The molecule has 2 aromatic carbocycles. The van der Waals surface area contributed by atoms with Crippen LogP contribution in [0.5, 0.6) is 5.75 Å². The van der Waals surface area contributed by atoms with Crippen LogP contribution in [0.4, 0.5) is 0 Å². The van der Waals surface area contributed by atoms with Gasteiger partial charge in [0.05, 0.1) is 18.8 Å². The lowest BCUT2D eigenvalue weighted by Crippen LogP contribution is -2.23. The summed E-state index contributed by atoms with van der Waals surface area (Å²) in [5, 5.41) is 7.49. The second-order valence-electron chi connectivity index (χ2n) is 7.32. The Morgan fingerprint density at radius 1 is 1.07 bits per heavy atom. The predicted octanol–water partition coefficient (Wildman–Crippen LogP) is 4.66. The molecule has 1 heterocycles. The number of nitrogens with zero attached hydrogens (tertiary/aromatic N) is 2. The van der Waals surface area contributed by atoms with Gasteiger partial charge in [-0.25, -0.2) is 0 Å². The molecule has 0 aliphatic carbocycles. The van der Waals surface area contributed by atoms with Crippen molar-refractivity contribution in [3.05, 3.63) is 82.7 Å². The molecule has 0 fully saturated rings. The van der Waals surface area contributed by atoms with Gasteiger partial charge in [0.1, 0.15) is 5.75 Å². The molecule has 0 radical (unpaired) electrons. The zero-order valence-corrected chi connectivity index (χ0v) is 17.4. The number of rotatable bonds is 9. The molecule has 0 atom stereocenters. The molecule has 0 aliphatic rings. The van der Waals surface area contributed by atoms with E-state index < -0.39 is 0 Å². The van der Waals surface area contributed by atoms with E-state index in [0.717, 1.165) is 41.1 Å². The topological polar surface area (TPSA) is 56.1 Å². The molecule has 5 nitrogen and oxygen atoms in total. The van der Waals surface area contributed by atoms with E-state index in [1.807, 2.05) is 67.1 Å². The summed E-state index contributed by atoms with van der Waals surface area (Å²) in [6, 6.07) is 17.6. The number of carbonyl (C=O) groups excluding carboxylic acids is 1. The van der Waals surface area contributed by atoms with E-state index in [1.54, 1.807) is 0 Å². The van der Waals surface area contributed by atoms with Crippen LogP contribution < -0.4 is 10.1 Å². The van der Waals surface area contributed by atoms with Gasteiger partial charge in [0, 0.05) is 17.8 Å². The summed E-state index contributed by atoms with van der Waals surface area (Å²) in [6.45, 7) is 7.99. The van der Waals surface area contributed by atoms with Crippen molar-refractivity contribution < 1.29 is 9.53 Å². The first kappa shape index (κ1) is 20.6. The lowest BCUT2D eigenvalue weighted by Gasteiger charge is -2.10. The second-order valence-corrected chi connectivity index (χ2v) is 7.32. The molecule has 0 aliphatic heterocycles. The minimum absolute atomic E-state index is 0.0856. The number of aromatic nitrogens is 2. The van der Waals surface area contributed by atoms with Gasteiger partial charge in [0.2, 0.25) is 0 Å². The molecule has 0 unspecified atom stereocenters. The summed E-state index contributed by atoms with van der Waals surface area (Å²) in [5.41, 5.74) is 4.83. The van der Waals surface area contributed by atoms with Gasteiger partial charge in [-0.15, -0.1) is 0 Å². The van der Waals surface area contributed by atoms with Crippen LogP contribution in [0, 0.1) is 13.8 Å². The number of aryl methyl sites for hydroxylation is 2. The number of nitrogens with one attached hydrogen (secondary N) is 1. The van der Waals surface area contributed by atoms with Crippen molar-refractivity contribution in [1.29, 1.82) is 0 Å². The first-order valence-corrected chi connectivity index (χ1v) is 10.1. The first-order valence-electron chi connectivity index (χ1n) is 10.1. The average Bonchev–Trinajstić information content (AvgIpc) is 3.03. The molecule has 0 saturated carbocycles. The Bertz CT molecular complexity index is 962. The van der Waals surface area contributed by atoms with E-state index in [9.17, 15) is 4.79 Å². The highest BCUT2D eigenvalue weighted by Gasteiger charge is 2.08. The molecular weight excluding hydrogens is 362 g/mol. The fourth-order valence-corrected chi connectivity index (χ4v) is 3.18. The third kappa shape index (κ3) is 5.95. The Kier molecular flexibility index (Phi) is 7.06. The van der Waals surface area contributed by atoms with Gasteiger partial charge in [0.25, 0.3) is 5.91 Å². The number of hydrogen-bond acceptors (Lipinski definition) is 3. The maximum Gasteiger partial charge on any atom is 0.251 e. The Hall–Kier alpha value is -3.08. The molecule has 1 N–H and O–H groups in total. The highest BCUT2D eigenvalue weighted by molar-refractivity contribution is 5.94. The lowest BCUT2D eigenvalue weighted by molar-refractivity contribution is 0.0950. The SMILES string of the molecule is CCCCOc1cccc(CNC(=O)c2cccc(Cn3nc(C)cc3C)c2)c1. The molecule has 29 heavy (non-hydrogen) atoms. The Labute approximate surface area is 172 Å². The third-order valence-electron chi connectivity index (χ3n) is 4.74. The van der Waals surface area contributed by atoms with Gasteiger partial charge in [-0.1, -0.05) is 37.6 Å². The Morgan fingerprint density at radius 3 is 2.62 bits per heavy atom. The van der Waals surface area contributed by atoms with Crippen molar-refractivity contribution in [2.75, 3.05) is 6.61 Å². The maximum absolute atomic E-state index is 12.6. The van der Waals surface area contributed by atoms with E-state index >= 15 is 0 Å². The van der Waals surface area contributed by atoms with Crippen LogP contribution >= 0.6 is 0 Å². The monoisotopic (exact) mass is 391 g/mol. The van der Waals surface area contributed by atoms with E-state index in [1.165, 1.54) is 0 Å². The van der Waals surface area contributed by atoms with Gasteiger partial charge in [0.15, 0.2) is 0 Å². The van der Waals surface area contributed by atoms with Gasteiger partial charge in [-0.2, -0.15) is 5.10 Å². The van der Waals surface area contributed by atoms with Crippen molar-refractivity contribution in [2.24, 2.45) is 0 Å². The van der Waals surface area contributed by atoms with Crippen LogP contribution in [0.15, 0.2) is 54.6 Å². The van der Waals surface area contributed by atoms with Crippen LogP contribution in [-0.4, -0.2) is 22.3 Å². The van der Waals surface area contributed by atoms with Gasteiger partial charge in [-0.3, -0.25) is 9.48 Å². The largest absolute Gasteiger partial charge is 0.494 e. The highest BCUT2D eigenvalue weighted by atomic mass is 16.5. The fourth-order valence-electron chi connectivity index (χ4n) is 3.18. The number of hydrogen-bond donors (Lipinski definition) is 1. The van der Waals surface area contributed by atoms with Crippen LogP contribution in [-0.2, 0) is 13.1 Å². The summed E-state index contributed by atoms with van der Waals surface area (Å²) >= 11 is 0. The van der Waals surface area contributed by atoms with Crippen LogP contribution in [0.25, 0.3) is 0 Å². The van der Waals surface area contributed by atoms with Crippen LogP contribution in [0.3, 0.4) is 0 Å². The minimum atomic E-state index is -0.0856. The molecular formula is C24H29N3O2. The number of unbranched alkanes of at least 4 members (excludes halogenated alkanes) is 1. The standard InChI is InChI=1S/C24H29N3O2/c1-4-5-12-29-23-11-7-8-20(15-23)16-25-24(28)22-10-6-9-21(14-22)17-27-19(3)13-18(2)26-27/h6-11,13-15H,4-5,12,16-17H2,1-3H3,(H,25,28). The Balaban J connectivity index is 1.60. The zero-order chi connectivity index (χ0) is 20.6. The van der Waals surface area contributed by atoms with Gasteiger partial charge >= 0.3 is 0 Å². The van der Waals surface area contributed by atoms with Crippen LogP contribution in [0.1, 0.15) is 52.6 Å². The highest BCUT2D eigenvalue weighted by Crippen LogP contribution is 2.14. The normalized spacial score (nSPS) is 10.7. The average molecular weight is 392 g/mol. The zero-order valence-electron chi connectivity index (χ0n) is 17.4. The molecule has 1 aromatic heterocycles. The molecule has 0 bridgehead atoms. The molecule has 1 amide bonds. The molecule has 0 saturated heterocycles. The number of carbonyl (C=O) groups is 1. The molecule has 0 spiro atoms. The summed E-state index contributed by atoms with van der Waals surface area (Å²) < 4.78 is 7.70. The minimum Gasteiger partial charge on any atom is -0.494 e. The molecule has 3 rings (SSSR count). The fraction of sp³-hybridized carbons (Fsp3) is 0.333. The van der Waals surface area contributed by atoms with Crippen molar-refractivity contribution in [1.82, 2.24) is 15.1 Å². The second kappa shape index (κ2) is 9.92. The van der Waals surface area contributed by atoms with Crippen LogP contribution in [0.2, 0.25) is 0 Å². The number of ether oxygens (including phenoxy) is 1. The van der Waals surface area contributed by atoms with E-state index in [-0.39, 0.29) is 5.91 Å². The van der Waals surface area contributed by atoms with E-state index in [0.29, 0.717) is 25.3 Å². The van der Waals surface area contributed by atoms with Crippen molar-refractivity contribution in [2.45, 2.75) is 46.7 Å². The van der Waals surface area contributed by atoms with Crippen molar-refractivity contribution in [3.63, 3.8) is 0 Å². The lowest BCUT2D eigenvalue weighted by atomic mass is 10.1. The van der Waals surface area contributed by atoms with Gasteiger partial charge in [-0.05, 0) is 61.7 Å². The smallest absolute Gasteiger partial charge is 0.251 e. The molecule has 3 aromatic rings. The number of benzene rings is 2. The Morgan fingerprint density at radius 2 is 1.86 bits per heavy atom. The summed E-state index contributed by atoms with van der Waals surface area (Å²) in [4.78, 5) is 12.6. The summed E-state index contributed by atoms with van der Waals surface area (Å²) in [5.74, 6) is 0.759. The van der Waals surface area contributed by atoms with Crippen molar-refractivity contribution in [3.8, 4) is 5.75 Å². The predicted molar refractivity (Wildman–Crippen MR) is 115 cm³/mol. The summed E-state index contributed by atoms with van der Waals surface area (Å²) in [7, 11) is 0. The first-order chi connectivity index (χ1) is 14.0. The summed E-state index contributed by atoms with van der Waals surface area (Å²) in [6.07, 6.45) is 2.14. The van der Waals surface area contributed by atoms with E-state index in [4.69, 9.17) is 4.74 Å².